The molecule has 0 unspecified atom stereocenters. The Morgan fingerprint density at radius 2 is 2.40 bits per heavy atom. The zero-order valence-electron chi connectivity index (χ0n) is 6.60. The molecule has 0 amide bonds. The lowest BCUT2D eigenvalue weighted by atomic mass is 10.2. The van der Waals surface area contributed by atoms with Gasteiger partial charge in [-0.05, 0) is 12.8 Å². The van der Waals surface area contributed by atoms with Crippen LogP contribution in [0.5, 0.6) is 0 Å². The van der Waals surface area contributed by atoms with Crippen molar-refractivity contribution in [1.29, 1.82) is 0 Å². The van der Waals surface area contributed by atoms with E-state index in [4.69, 9.17) is 0 Å². The molecule has 1 aliphatic heterocycles. The van der Waals surface area contributed by atoms with Crippen molar-refractivity contribution in [3.05, 3.63) is 0 Å². The Morgan fingerprint density at radius 1 is 1.50 bits per heavy atom. The van der Waals surface area contributed by atoms with Gasteiger partial charge in [0.05, 0.1) is 5.04 Å². The summed E-state index contributed by atoms with van der Waals surface area (Å²) < 4.78 is 0. The third kappa shape index (κ3) is 2.74. The number of nitrogens with zero attached hydrogens (tertiary/aromatic N) is 1. The van der Waals surface area contributed by atoms with Crippen LogP contribution in [0.4, 0.5) is 0 Å². The van der Waals surface area contributed by atoms with Gasteiger partial charge in [0, 0.05) is 12.3 Å². The molecule has 0 aromatic heterocycles. The molecule has 0 N–H and O–H groups in total. The van der Waals surface area contributed by atoms with E-state index >= 15 is 0 Å². The molecule has 0 radical (unpaired) electrons. The van der Waals surface area contributed by atoms with Gasteiger partial charge < -0.3 is 0 Å². The van der Waals surface area contributed by atoms with Gasteiger partial charge in [0.15, 0.2) is 0 Å². The van der Waals surface area contributed by atoms with Gasteiger partial charge in [-0.1, -0.05) is 19.8 Å². The van der Waals surface area contributed by atoms with E-state index in [2.05, 4.69) is 11.9 Å². The SMILES string of the molecule is CCCCCC1=NCCS1. The molecule has 1 heterocycles. The number of aliphatic imine (C=N–C) groups is 1. The van der Waals surface area contributed by atoms with E-state index in [0.29, 0.717) is 0 Å². The Labute approximate surface area is 67.3 Å². The minimum atomic E-state index is 1.06. The van der Waals surface area contributed by atoms with E-state index in [1.54, 1.807) is 0 Å². The summed E-state index contributed by atoms with van der Waals surface area (Å²) in [6, 6.07) is 0. The lowest BCUT2D eigenvalue weighted by Crippen LogP contribution is -1.86. The highest BCUT2D eigenvalue weighted by molar-refractivity contribution is 8.14. The fourth-order valence-corrected chi connectivity index (χ4v) is 1.95. The second-order valence-electron chi connectivity index (χ2n) is 2.58. The van der Waals surface area contributed by atoms with Gasteiger partial charge in [0.25, 0.3) is 0 Å². The summed E-state index contributed by atoms with van der Waals surface area (Å²) in [4.78, 5) is 4.39. The molecule has 0 fully saturated rings. The fraction of sp³-hybridized carbons (Fsp3) is 0.875. The topological polar surface area (TPSA) is 12.4 Å². The minimum absolute atomic E-state index is 1.06. The molecule has 1 aliphatic rings. The van der Waals surface area contributed by atoms with Crippen LogP contribution in [0.3, 0.4) is 0 Å². The molecule has 0 aliphatic carbocycles. The number of unbranched alkanes of at least 4 members (excludes halogenated alkanes) is 2. The average Bonchev–Trinajstić information content (AvgIpc) is 2.41. The molecule has 1 rings (SSSR count). The number of hydrogen-bond donors (Lipinski definition) is 0. The first kappa shape index (κ1) is 8.12. The van der Waals surface area contributed by atoms with Crippen LogP contribution in [0.2, 0.25) is 0 Å². The third-order valence-electron chi connectivity index (χ3n) is 1.64. The van der Waals surface area contributed by atoms with E-state index in [9.17, 15) is 0 Å². The first-order valence-corrected chi connectivity index (χ1v) is 5.08. The minimum Gasteiger partial charge on any atom is -0.282 e. The monoisotopic (exact) mass is 157 g/mol. The Morgan fingerprint density at radius 3 is 3.00 bits per heavy atom. The first-order chi connectivity index (χ1) is 4.93. The second kappa shape index (κ2) is 4.78. The summed E-state index contributed by atoms with van der Waals surface area (Å²) in [7, 11) is 0. The molecule has 0 atom stereocenters. The highest BCUT2D eigenvalue weighted by atomic mass is 32.2. The van der Waals surface area contributed by atoms with Crippen LogP contribution >= 0.6 is 11.8 Å². The Hall–Kier alpha value is 0.0200. The highest BCUT2D eigenvalue weighted by Gasteiger charge is 2.04. The lowest BCUT2D eigenvalue weighted by molar-refractivity contribution is 0.744. The number of thioether (sulfide) groups is 1. The van der Waals surface area contributed by atoms with Crippen molar-refractivity contribution in [2.45, 2.75) is 32.6 Å². The van der Waals surface area contributed by atoms with Crippen molar-refractivity contribution in [3.63, 3.8) is 0 Å². The van der Waals surface area contributed by atoms with Crippen LogP contribution in [0, 0.1) is 0 Å². The van der Waals surface area contributed by atoms with Crippen LogP contribution in [0.15, 0.2) is 4.99 Å². The average molecular weight is 157 g/mol. The summed E-state index contributed by atoms with van der Waals surface area (Å²) >= 11 is 1.94. The molecular formula is C8H15NS. The van der Waals surface area contributed by atoms with Crippen LogP contribution < -0.4 is 0 Å². The van der Waals surface area contributed by atoms with Crippen molar-refractivity contribution in [2.75, 3.05) is 12.3 Å². The van der Waals surface area contributed by atoms with Crippen molar-refractivity contribution in [3.8, 4) is 0 Å². The second-order valence-corrected chi connectivity index (χ2v) is 3.75. The molecule has 0 aromatic carbocycles. The van der Waals surface area contributed by atoms with Crippen molar-refractivity contribution in [1.82, 2.24) is 0 Å². The highest BCUT2D eigenvalue weighted by Crippen LogP contribution is 2.16. The molecule has 0 saturated carbocycles. The molecule has 0 saturated heterocycles. The van der Waals surface area contributed by atoms with Gasteiger partial charge >= 0.3 is 0 Å². The van der Waals surface area contributed by atoms with Crippen molar-refractivity contribution < 1.29 is 0 Å². The standard InChI is InChI=1S/C8H15NS/c1-2-3-4-5-8-9-6-7-10-8/h2-7H2,1H3. The Balaban J connectivity index is 2.01. The summed E-state index contributed by atoms with van der Waals surface area (Å²) in [5, 5.41) is 1.40. The predicted molar refractivity (Wildman–Crippen MR) is 48.9 cm³/mol. The molecule has 0 spiro atoms. The van der Waals surface area contributed by atoms with E-state index in [1.165, 1.54) is 36.5 Å². The van der Waals surface area contributed by atoms with Crippen molar-refractivity contribution >= 4 is 16.8 Å². The summed E-state index contributed by atoms with van der Waals surface area (Å²) in [5.41, 5.74) is 0. The lowest BCUT2D eigenvalue weighted by Gasteiger charge is -1.96. The van der Waals surface area contributed by atoms with Crippen LogP contribution in [0.25, 0.3) is 0 Å². The molecule has 2 heteroatoms. The van der Waals surface area contributed by atoms with Crippen molar-refractivity contribution in [2.24, 2.45) is 4.99 Å². The van der Waals surface area contributed by atoms with E-state index < -0.39 is 0 Å². The van der Waals surface area contributed by atoms with Gasteiger partial charge in [0.1, 0.15) is 0 Å². The Bertz CT molecular complexity index is 120. The molecule has 0 bridgehead atoms. The molecule has 10 heavy (non-hydrogen) atoms. The van der Waals surface area contributed by atoms with Crippen LogP contribution in [-0.4, -0.2) is 17.3 Å². The largest absolute Gasteiger partial charge is 0.282 e. The van der Waals surface area contributed by atoms with Gasteiger partial charge in [-0.3, -0.25) is 4.99 Å². The number of hydrogen-bond acceptors (Lipinski definition) is 2. The smallest absolute Gasteiger partial charge is 0.0676 e. The zero-order chi connectivity index (χ0) is 7.23. The van der Waals surface area contributed by atoms with Gasteiger partial charge in [-0.25, -0.2) is 0 Å². The first-order valence-electron chi connectivity index (χ1n) is 4.09. The predicted octanol–water partition coefficient (Wildman–Crippen LogP) is 2.71. The zero-order valence-corrected chi connectivity index (χ0v) is 7.41. The van der Waals surface area contributed by atoms with E-state index in [1.807, 2.05) is 11.8 Å². The van der Waals surface area contributed by atoms with Gasteiger partial charge in [-0.15, -0.1) is 11.8 Å². The Kier molecular flexibility index (Phi) is 3.88. The maximum absolute atomic E-state index is 4.39. The van der Waals surface area contributed by atoms with Gasteiger partial charge in [0.2, 0.25) is 0 Å². The maximum Gasteiger partial charge on any atom is 0.0676 e. The van der Waals surface area contributed by atoms with E-state index in [0.717, 1.165) is 6.54 Å². The normalized spacial score (nSPS) is 17.5. The quantitative estimate of drug-likeness (QED) is 0.571. The third-order valence-corrected chi connectivity index (χ3v) is 2.70. The molecule has 0 aromatic rings. The van der Waals surface area contributed by atoms with Gasteiger partial charge in [-0.2, -0.15) is 0 Å². The summed E-state index contributed by atoms with van der Waals surface area (Å²) in [6.45, 7) is 3.30. The summed E-state index contributed by atoms with van der Waals surface area (Å²) in [6.07, 6.45) is 5.25. The molecular weight excluding hydrogens is 142 g/mol. The molecule has 1 nitrogen and oxygen atoms in total. The molecule has 58 valence electrons. The summed E-state index contributed by atoms with van der Waals surface area (Å²) in [5.74, 6) is 1.22. The maximum atomic E-state index is 4.39. The van der Waals surface area contributed by atoms with Crippen LogP contribution in [-0.2, 0) is 0 Å². The van der Waals surface area contributed by atoms with E-state index in [-0.39, 0.29) is 0 Å². The fourth-order valence-electron chi connectivity index (χ4n) is 1.06. The number of rotatable bonds is 4. The van der Waals surface area contributed by atoms with Crippen LogP contribution in [0.1, 0.15) is 32.6 Å².